The molecule has 8 heteroatoms. The smallest absolute Gasteiger partial charge is 0.253 e. The van der Waals surface area contributed by atoms with Crippen LogP contribution in [0.3, 0.4) is 0 Å². The first-order chi connectivity index (χ1) is 17.4. The monoisotopic (exact) mass is 510 g/mol. The van der Waals surface area contributed by atoms with Gasteiger partial charge in [0.2, 0.25) is 0 Å². The number of ether oxygens (including phenoxy) is 2. The van der Waals surface area contributed by atoms with Gasteiger partial charge in [0.1, 0.15) is 23.4 Å². The van der Waals surface area contributed by atoms with Gasteiger partial charge in [0.05, 0.1) is 23.9 Å². The summed E-state index contributed by atoms with van der Waals surface area (Å²) in [7, 11) is 1.69. The fraction of sp³-hybridized carbons (Fsp3) is 0.536. The number of benzene rings is 2. The summed E-state index contributed by atoms with van der Waals surface area (Å²) in [5.41, 5.74) is 5.90. The van der Waals surface area contributed by atoms with Crippen molar-refractivity contribution in [1.29, 1.82) is 0 Å². The normalized spacial score (nSPS) is 20.5. The SMILES string of the molecule is CCCC1CC(NC(=O)c2cccc3nsnc23)CC(C)N1Cc1ccc(OCCOC)c(C)c1C. The van der Waals surface area contributed by atoms with Crippen LogP contribution in [0.15, 0.2) is 30.3 Å². The predicted molar refractivity (Wildman–Crippen MR) is 145 cm³/mol. The van der Waals surface area contributed by atoms with Gasteiger partial charge in [-0.25, -0.2) is 0 Å². The van der Waals surface area contributed by atoms with E-state index in [2.05, 4.69) is 58.8 Å². The van der Waals surface area contributed by atoms with Gasteiger partial charge in [-0.3, -0.25) is 9.69 Å². The molecule has 1 N–H and O–H groups in total. The number of carbonyl (C=O) groups is 1. The standard InChI is InChI=1S/C28H38N4O3S/c1-6-8-23-16-22(29-28(33)24-9-7-10-25-27(24)31-36-30-25)15-18(2)32(23)17-21-11-12-26(20(4)19(21)3)35-14-13-34-5/h7,9-12,18,22-23H,6,8,13-17H2,1-5H3,(H,29,33). The highest BCUT2D eigenvalue weighted by atomic mass is 32.1. The molecule has 3 unspecified atom stereocenters. The Bertz CT molecular complexity index is 1180. The molecular weight excluding hydrogens is 472 g/mol. The van der Waals surface area contributed by atoms with Gasteiger partial charge in [-0.05, 0) is 74.9 Å². The molecular formula is C28H38N4O3S. The van der Waals surface area contributed by atoms with Crippen molar-refractivity contribution in [2.24, 2.45) is 0 Å². The Morgan fingerprint density at radius 1 is 1.14 bits per heavy atom. The molecule has 2 aromatic carbocycles. The lowest BCUT2D eigenvalue weighted by molar-refractivity contribution is 0.0557. The van der Waals surface area contributed by atoms with Crippen LogP contribution in [0, 0.1) is 13.8 Å². The van der Waals surface area contributed by atoms with Gasteiger partial charge in [0, 0.05) is 31.8 Å². The highest BCUT2D eigenvalue weighted by Gasteiger charge is 2.34. The summed E-state index contributed by atoms with van der Waals surface area (Å²) in [5, 5.41) is 3.32. The van der Waals surface area contributed by atoms with Gasteiger partial charge in [-0.2, -0.15) is 8.75 Å². The van der Waals surface area contributed by atoms with E-state index in [1.165, 1.54) is 16.7 Å². The van der Waals surface area contributed by atoms with Crippen molar-refractivity contribution in [3.05, 3.63) is 52.6 Å². The molecule has 7 nitrogen and oxygen atoms in total. The maximum atomic E-state index is 13.2. The van der Waals surface area contributed by atoms with E-state index in [4.69, 9.17) is 9.47 Å². The van der Waals surface area contributed by atoms with Crippen LogP contribution >= 0.6 is 11.7 Å². The highest BCUT2D eigenvalue weighted by molar-refractivity contribution is 7.00. The van der Waals surface area contributed by atoms with Gasteiger partial charge < -0.3 is 14.8 Å². The Balaban J connectivity index is 1.45. The number of aromatic nitrogens is 2. The van der Waals surface area contributed by atoms with Crippen molar-refractivity contribution in [2.75, 3.05) is 20.3 Å². The van der Waals surface area contributed by atoms with Crippen LogP contribution in [0.25, 0.3) is 11.0 Å². The summed E-state index contributed by atoms with van der Waals surface area (Å²) in [5.74, 6) is 0.878. The van der Waals surface area contributed by atoms with Crippen molar-refractivity contribution in [3.8, 4) is 5.75 Å². The Labute approximate surface area is 218 Å². The van der Waals surface area contributed by atoms with Crippen molar-refractivity contribution in [3.63, 3.8) is 0 Å². The minimum Gasteiger partial charge on any atom is -0.491 e. The van der Waals surface area contributed by atoms with E-state index in [0.29, 0.717) is 36.4 Å². The summed E-state index contributed by atoms with van der Waals surface area (Å²) in [6, 6.07) is 10.8. The Morgan fingerprint density at radius 3 is 2.75 bits per heavy atom. The minimum absolute atomic E-state index is 0.0512. The number of nitrogens with zero attached hydrogens (tertiary/aromatic N) is 3. The van der Waals surface area contributed by atoms with Crippen LogP contribution in [0.1, 0.15) is 66.6 Å². The molecule has 1 saturated heterocycles. The van der Waals surface area contributed by atoms with Gasteiger partial charge in [0.15, 0.2) is 0 Å². The van der Waals surface area contributed by atoms with Gasteiger partial charge >= 0.3 is 0 Å². The third-order valence-electron chi connectivity index (χ3n) is 7.45. The fourth-order valence-electron chi connectivity index (χ4n) is 5.35. The Kier molecular flexibility index (Phi) is 8.93. The molecule has 1 aliphatic heterocycles. The van der Waals surface area contributed by atoms with E-state index in [1.54, 1.807) is 7.11 Å². The average molecular weight is 511 g/mol. The van der Waals surface area contributed by atoms with Gasteiger partial charge in [-0.15, -0.1) is 0 Å². The number of hydrogen-bond acceptors (Lipinski definition) is 7. The van der Waals surface area contributed by atoms with E-state index in [1.807, 2.05) is 18.2 Å². The number of nitrogens with one attached hydrogen (secondary N) is 1. The van der Waals surface area contributed by atoms with Crippen LogP contribution in [0.4, 0.5) is 0 Å². The zero-order valence-corrected chi connectivity index (χ0v) is 22.9. The second-order valence-corrected chi connectivity index (χ2v) is 10.4. The fourth-order valence-corrected chi connectivity index (χ4v) is 5.90. The second kappa shape index (κ2) is 12.1. The number of hydrogen-bond donors (Lipinski definition) is 1. The van der Waals surface area contributed by atoms with Crippen LogP contribution in [-0.4, -0.2) is 58.0 Å². The molecule has 3 aromatic rings. The molecule has 1 aromatic heterocycles. The molecule has 36 heavy (non-hydrogen) atoms. The third-order valence-corrected chi connectivity index (χ3v) is 8.00. The lowest BCUT2D eigenvalue weighted by atomic mass is 9.88. The molecule has 0 spiro atoms. The summed E-state index contributed by atoms with van der Waals surface area (Å²) in [4.78, 5) is 15.8. The maximum Gasteiger partial charge on any atom is 0.253 e. The molecule has 1 fully saturated rings. The van der Waals surface area contributed by atoms with E-state index < -0.39 is 0 Å². The van der Waals surface area contributed by atoms with Crippen LogP contribution in [0.5, 0.6) is 5.75 Å². The molecule has 2 heterocycles. The first kappa shape index (κ1) is 26.5. The summed E-state index contributed by atoms with van der Waals surface area (Å²) in [6.45, 7) is 10.9. The van der Waals surface area contributed by atoms with Gasteiger partial charge in [0.25, 0.3) is 5.91 Å². The quantitative estimate of drug-likeness (QED) is 0.374. The lowest BCUT2D eigenvalue weighted by Gasteiger charge is -2.44. The molecule has 0 bridgehead atoms. The topological polar surface area (TPSA) is 76.6 Å². The number of amides is 1. The number of likely N-dealkylation sites (tertiary alicyclic amines) is 1. The lowest BCUT2D eigenvalue weighted by Crippen LogP contribution is -2.53. The zero-order chi connectivity index (χ0) is 25.7. The molecule has 0 aliphatic carbocycles. The first-order valence-corrected chi connectivity index (χ1v) is 13.6. The van der Waals surface area contributed by atoms with Crippen molar-refractivity contribution in [1.82, 2.24) is 19.0 Å². The number of rotatable bonds is 10. The molecule has 194 valence electrons. The Hall–Kier alpha value is -2.55. The average Bonchev–Trinajstić information content (AvgIpc) is 3.34. The first-order valence-electron chi connectivity index (χ1n) is 12.9. The zero-order valence-electron chi connectivity index (χ0n) is 22.0. The minimum atomic E-state index is -0.0512. The van der Waals surface area contributed by atoms with Gasteiger partial charge in [-0.1, -0.05) is 25.5 Å². The molecule has 4 rings (SSSR count). The van der Waals surface area contributed by atoms with Crippen molar-refractivity contribution >= 4 is 28.7 Å². The number of carbonyl (C=O) groups excluding carboxylic acids is 1. The molecule has 0 saturated carbocycles. The molecule has 3 atom stereocenters. The van der Waals surface area contributed by atoms with Crippen LogP contribution < -0.4 is 10.1 Å². The maximum absolute atomic E-state index is 13.2. The van der Waals surface area contributed by atoms with E-state index in [9.17, 15) is 4.79 Å². The predicted octanol–water partition coefficient (Wildman–Crippen LogP) is 5.28. The number of fused-ring (bicyclic) bond motifs is 1. The van der Waals surface area contributed by atoms with Crippen molar-refractivity contribution < 1.29 is 14.3 Å². The largest absolute Gasteiger partial charge is 0.491 e. The van der Waals surface area contributed by atoms with E-state index in [0.717, 1.165) is 55.2 Å². The Morgan fingerprint density at radius 2 is 1.97 bits per heavy atom. The molecule has 1 aliphatic rings. The third kappa shape index (κ3) is 5.88. The molecule has 1 amide bonds. The van der Waals surface area contributed by atoms with E-state index >= 15 is 0 Å². The summed E-state index contributed by atoms with van der Waals surface area (Å²) in [6.07, 6.45) is 4.10. The summed E-state index contributed by atoms with van der Waals surface area (Å²) >= 11 is 1.15. The summed E-state index contributed by atoms with van der Waals surface area (Å²) < 4.78 is 19.6. The van der Waals surface area contributed by atoms with E-state index in [-0.39, 0.29) is 11.9 Å². The molecule has 0 radical (unpaired) electrons. The second-order valence-electron chi connectivity index (χ2n) is 9.86. The van der Waals surface area contributed by atoms with Crippen LogP contribution in [-0.2, 0) is 11.3 Å². The number of piperidine rings is 1. The number of methoxy groups -OCH3 is 1. The van der Waals surface area contributed by atoms with Crippen LogP contribution in [0.2, 0.25) is 0 Å². The van der Waals surface area contributed by atoms with Crippen molar-refractivity contribution in [2.45, 2.75) is 78.0 Å². The highest BCUT2D eigenvalue weighted by Crippen LogP contribution is 2.31.